The molecule has 2 aromatic rings. The van der Waals surface area contributed by atoms with E-state index in [0.29, 0.717) is 18.3 Å². The second kappa shape index (κ2) is 10.4. The number of aromatic nitrogens is 1. The normalized spacial score (nSPS) is 18.4. The van der Waals surface area contributed by atoms with Crippen molar-refractivity contribution in [3.63, 3.8) is 0 Å². The minimum Gasteiger partial charge on any atom is -0.496 e. The molecule has 5 nitrogen and oxygen atoms in total. The van der Waals surface area contributed by atoms with Gasteiger partial charge < -0.3 is 10.1 Å². The number of nitrogens with one attached hydrogen (secondary N) is 1. The third kappa shape index (κ3) is 6.04. The van der Waals surface area contributed by atoms with Crippen molar-refractivity contribution in [2.24, 2.45) is 11.8 Å². The maximum absolute atomic E-state index is 12.6. The van der Waals surface area contributed by atoms with Gasteiger partial charge in [0.15, 0.2) is 0 Å². The lowest BCUT2D eigenvalue weighted by atomic mass is 9.88. The zero-order chi connectivity index (χ0) is 20.6. The van der Waals surface area contributed by atoms with Crippen LogP contribution in [0.15, 0.2) is 48.7 Å². The predicted octanol–water partition coefficient (Wildman–Crippen LogP) is 4.21. The maximum atomic E-state index is 12.6. The summed E-state index contributed by atoms with van der Waals surface area (Å²) in [5.41, 5.74) is 2.16. The van der Waals surface area contributed by atoms with Crippen LogP contribution in [0.25, 0.3) is 0 Å². The van der Waals surface area contributed by atoms with Crippen LogP contribution in [0.3, 0.4) is 0 Å². The molecule has 1 saturated heterocycles. The van der Waals surface area contributed by atoms with Gasteiger partial charge in [-0.3, -0.25) is 14.7 Å². The molecule has 1 N–H and O–H groups in total. The average molecular weight is 396 g/mol. The third-order valence-electron chi connectivity index (χ3n) is 5.52. The fourth-order valence-corrected chi connectivity index (χ4v) is 4.18. The van der Waals surface area contributed by atoms with Crippen LogP contribution in [-0.2, 0) is 11.3 Å². The molecule has 0 spiro atoms. The molecule has 1 amide bonds. The number of benzene rings is 1. The monoisotopic (exact) mass is 395 g/mol. The average Bonchev–Trinajstić information content (AvgIpc) is 2.73. The number of methoxy groups -OCH3 is 1. The molecule has 1 aromatic carbocycles. The zero-order valence-corrected chi connectivity index (χ0v) is 17.8. The van der Waals surface area contributed by atoms with E-state index in [1.54, 1.807) is 7.11 Å². The van der Waals surface area contributed by atoms with Gasteiger partial charge in [0.25, 0.3) is 0 Å². The Balaban J connectivity index is 1.74. The Kier molecular flexibility index (Phi) is 7.64. The molecule has 2 atom stereocenters. The molecule has 29 heavy (non-hydrogen) atoms. The zero-order valence-electron chi connectivity index (χ0n) is 17.8. The van der Waals surface area contributed by atoms with Gasteiger partial charge in [-0.25, -0.2) is 0 Å². The highest BCUT2D eigenvalue weighted by Gasteiger charge is 2.30. The van der Waals surface area contributed by atoms with Crippen molar-refractivity contribution >= 4 is 5.91 Å². The van der Waals surface area contributed by atoms with E-state index in [4.69, 9.17) is 4.74 Å². The molecule has 2 heterocycles. The molecule has 1 aromatic heterocycles. The topological polar surface area (TPSA) is 54.5 Å². The first kappa shape index (κ1) is 21.3. The van der Waals surface area contributed by atoms with Crippen LogP contribution in [0, 0.1) is 11.8 Å². The van der Waals surface area contributed by atoms with E-state index in [-0.39, 0.29) is 11.9 Å². The first-order chi connectivity index (χ1) is 14.1. The van der Waals surface area contributed by atoms with Crippen molar-refractivity contribution < 1.29 is 9.53 Å². The van der Waals surface area contributed by atoms with Gasteiger partial charge in [0.1, 0.15) is 5.75 Å². The summed E-state index contributed by atoms with van der Waals surface area (Å²) >= 11 is 0. The Morgan fingerprint density at radius 2 is 2.03 bits per heavy atom. The number of piperidine rings is 1. The minimum atomic E-state index is -0.0529. The van der Waals surface area contributed by atoms with Crippen molar-refractivity contribution in [1.29, 1.82) is 0 Å². The Labute approximate surface area is 174 Å². The van der Waals surface area contributed by atoms with Crippen LogP contribution in [0.5, 0.6) is 5.75 Å². The number of hydrogen-bond donors (Lipinski definition) is 1. The van der Waals surface area contributed by atoms with Crippen LogP contribution in [0.2, 0.25) is 0 Å². The largest absolute Gasteiger partial charge is 0.496 e. The number of carbonyl (C=O) groups is 1. The molecular formula is C24H33N3O2. The predicted molar refractivity (Wildman–Crippen MR) is 116 cm³/mol. The number of ether oxygens (including phenoxy) is 1. The van der Waals surface area contributed by atoms with E-state index in [2.05, 4.69) is 41.2 Å². The number of rotatable bonds is 8. The summed E-state index contributed by atoms with van der Waals surface area (Å²) in [6.07, 6.45) is 4.56. The first-order valence-corrected chi connectivity index (χ1v) is 10.6. The fraction of sp³-hybridized carbons (Fsp3) is 0.500. The second-order valence-electron chi connectivity index (χ2n) is 8.35. The highest BCUT2D eigenvalue weighted by Crippen LogP contribution is 2.31. The van der Waals surface area contributed by atoms with E-state index in [1.165, 1.54) is 5.56 Å². The number of para-hydroxylation sites is 1. The highest BCUT2D eigenvalue weighted by atomic mass is 16.5. The number of likely N-dealkylation sites (tertiary alicyclic amines) is 1. The fourth-order valence-electron chi connectivity index (χ4n) is 4.18. The lowest BCUT2D eigenvalue weighted by Crippen LogP contribution is -2.43. The summed E-state index contributed by atoms with van der Waals surface area (Å²) in [7, 11) is 1.72. The van der Waals surface area contributed by atoms with E-state index in [1.807, 2.05) is 36.5 Å². The molecule has 3 rings (SSSR count). The number of nitrogens with zero attached hydrogens (tertiary/aromatic N) is 2. The highest BCUT2D eigenvalue weighted by molar-refractivity contribution is 5.76. The van der Waals surface area contributed by atoms with Crippen LogP contribution in [0.1, 0.15) is 50.4 Å². The van der Waals surface area contributed by atoms with Crippen molar-refractivity contribution in [3.8, 4) is 5.75 Å². The van der Waals surface area contributed by atoms with Gasteiger partial charge in [0.2, 0.25) is 5.91 Å². The Bertz CT molecular complexity index is 779. The van der Waals surface area contributed by atoms with Crippen molar-refractivity contribution in [2.75, 3.05) is 20.2 Å². The number of carbonyl (C=O) groups excluding carboxylic acids is 1. The van der Waals surface area contributed by atoms with E-state index < -0.39 is 0 Å². The van der Waals surface area contributed by atoms with Crippen molar-refractivity contribution in [2.45, 2.75) is 45.7 Å². The summed E-state index contributed by atoms with van der Waals surface area (Å²) in [6, 6.07) is 14.1. The summed E-state index contributed by atoms with van der Waals surface area (Å²) in [4.78, 5) is 19.6. The maximum Gasteiger partial charge on any atom is 0.220 e. The van der Waals surface area contributed by atoms with Crippen molar-refractivity contribution in [1.82, 2.24) is 15.2 Å². The number of hydrogen-bond acceptors (Lipinski definition) is 4. The summed E-state index contributed by atoms with van der Waals surface area (Å²) in [5.74, 6) is 1.72. The number of amides is 1. The van der Waals surface area contributed by atoms with E-state index in [0.717, 1.165) is 43.9 Å². The smallest absolute Gasteiger partial charge is 0.220 e. The molecule has 0 aliphatic carbocycles. The van der Waals surface area contributed by atoms with Gasteiger partial charge in [-0.15, -0.1) is 0 Å². The van der Waals surface area contributed by atoms with Gasteiger partial charge in [-0.05, 0) is 49.4 Å². The van der Waals surface area contributed by atoms with Gasteiger partial charge in [0, 0.05) is 31.3 Å². The molecule has 156 valence electrons. The Hall–Kier alpha value is -2.40. The summed E-state index contributed by atoms with van der Waals surface area (Å²) in [5, 5.41) is 3.29. The standard InChI is InChI=1S/C24H33N3O2/c1-18(2)15-23(28)26-24(21-11-6-7-13-25-21)20-10-8-14-27(17-20)16-19-9-4-5-12-22(19)29-3/h4-7,9,11-13,18,20,24H,8,10,14-17H2,1-3H3,(H,26,28)/t20-,24+/m1/s1. The quantitative estimate of drug-likeness (QED) is 0.728. The summed E-state index contributed by atoms with van der Waals surface area (Å²) < 4.78 is 5.53. The summed E-state index contributed by atoms with van der Waals surface area (Å²) in [6.45, 7) is 7.00. The SMILES string of the molecule is COc1ccccc1CN1CCC[C@@H]([C@H](NC(=O)CC(C)C)c2ccccn2)C1. The second-order valence-corrected chi connectivity index (χ2v) is 8.35. The molecular weight excluding hydrogens is 362 g/mol. The van der Waals surface area contributed by atoms with Gasteiger partial charge in [0.05, 0.1) is 18.8 Å². The van der Waals surface area contributed by atoms with Crippen LogP contribution in [-0.4, -0.2) is 36.0 Å². The first-order valence-electron chi connectivity index (χ1n) is 10.6. The van der Waals surface area contributed by atoms with Crippen molar-refractivity contribution in [3.05, 3.63) is 59.9 Å². The molecule has 1 aliphatic rings. The lowest BCUT2D eigenvalue weighted by molar-refractivity contribution is -0.123. The molecule has 1 fully saturated rings. The lowest BCUT2D eigenvalue weighted by Gasteiger charge is -2.37. The third-order valence-corrected chi connectivity index (χ3v) is 5.52. The Morgan fingerprint density at radius 3 is 2.76 bits per heavy atom. The minimum absolute atomic E-state index is 0.0529. The van der Waals surface area contributed by atoms with E-state index in [9.17, 15) is 4.79 Å². The molecule has 5 heteroatoms. The van der Waals surface area contributed by atoms with Crippen LogP contribution < -0.4 is 10.1 Å². The Morgan fingerprint density at radius 1 is 1.24 bits per heavy atom. The van der Waals surface area contributed by atoms with Gasteiger partial charge in [-0.2, -0.15) is 0 Å². The number of pyridine rings is 1. The molecule has 1 aliphatic heterocycles. The molecule has 0 bridgehead atoms. The molecule has 0 unspecified atom stereocenters. The van der Waals surface area contributed by atoms with Gasteiger partial charge >= 0.3 is 0 Å². The van der Waals surface area contributed by atoms with Crippen LogP contribution in [0.4, 0.5) is 0 Å². The van der Waals surface area contributed by atoms with Crippen LogP contribution >= 0.6 is 0 Å². The van der Waals surface area contributed by atoms with Gasteiger partial charge in [-0.1, -0.05) is 38.1 Å². The molecule has 0 saturated carbocycles. The molecule has 0 radical (unpaired) electrons. The van der Waals surface area contributed by atoms with E-state index >= 15 is 0 Å².